The van der Waals surface area contributed by atoms with E-state index in [0.29, 0.717) is 11.3 Å². The van der Waals surface area contributed by atoms with Crippen LogP contribution in [0.4, 0.5) is 13.2 Å². The Morgan fingerprint density at radius 3 is 2.35 bits per heavy atom. The number of para-hydroxylation sites is 1. The number of benzene rings is 2. The predicted molar refractivity (Wildman–Crippen MR) is 88.6 cm³/mol. The average Bonchev–Trinajstić information content (AvgIpc) is 2.60. The summed E-state index contributed by atoms with van der Waals surface area (Å²) in [6, 6.07) is 9.90. The van der Waals surface area contributed by atoms with Gasteiger partial charge < -0.3 is 15.8 Å². The molecule has 8 heteroatoms. The van der Waals surface area contributed by atoms with Gasteiger partial charge in [0.05, 0.1) is 18.2 Å². The lowest BCUT2D eigenvalue weighted by Gasteiger charge is -2.19. The smallest absolute Gasteiger partial charge is 0.417 e. The van der Waals surface area contributed by atoms with Gasteiger partial charge in [0.15, 0.2) is 0 Å². The van der Waals surface area contributed by atoms with E-state index in [1.54, 1.807) is 24.3 Å². The van der Waals surface area contributed by atoms with Crippen LogP contribution < -0.4 is 15.8 Å². The van der Waals surface area contributed by atoms with Gasteiger partial charge in [0, 0.05) is 6.42 Å². The van der Waals surface area contributed by atoms with Gasteiger partial charge in [-0.25, -0.2) is 0 Å². The lowest BCUT2D eigenvalue weighted by Crippen LogP contribution is -2.46. The van der Waals surface area contributed by atoms with Crippen molar-refractivity contribution in [2.24, 2.45) is 5.73 Å². The lowest BCUT2D eigenvalue weighted by atomic mass is 10.0. The Hall–Kier alpha value is -3.03. The minimum atomic E-state index is -4.70. The lowest BCUT2D eigenvalue weighted by molar-refractivity contribution is -0.137. The second kappa shape index (κ2) is 7.90. The average molecular weight is 366 g/mol. The third-order valence-corrected chi connectivity index (χ3v) is 3.74. The first kappa shape index (κ1) is 19.3. The summed E-state index contributed by atoms with van der Waals surface area (Å²) in [5.74, 6) is -1.42. The van der Waals surface area contributed by atoms with Gasteiger partial charge in [0.2, 0.25) is 5.91 Å². The normalized spacial score (nSPS) is 12.3. The molecule has 0 heterocycles. The number of hydrogen-bond donors (Lipinski definition) is 2. The number of primary amides is 1. The van der Waals surface area contributed by atoms with E-state index in [1.807, 2.05) is 0 Å². The molecule has 0 aliphatic heterocycles. The van der Waals surface area contributed by atoms with Gasteiger partial charge in [-0.15, -0.1) is 0 Å². The van der Waals surface area contributed by atoms with Gasteiger partial charge >= 0.3 is 6.18 Å². The first-order valence-electron chi connectivity index (χ1n) is 7.62. The minimum absolute atomic E-state index is 0.0146. The maximum absolute atomic E-state index is 13.1. The van der Waals surface area contributed by atoms with Crippen LogP contribution in [0, 0.1) is 0 Å². The molecule has 0 spiro atoms. The molecular weight excluding hydrogens is 349 g/mol. The van der Waals surface area contributed by atoms with Crippen LogP contribution in [0.25, 0.3) is 0 Å². The summed E-state index contributed by atoms with van der Waals surface area (Å²) in [5, 5.41) is 2.28. The molecule has 2 amide bonds. The molecule has 0 aliphatic carbocycles. The highest BCUT2D eigenvalue weighted by molar-refractivity contribution is 5.98. The van der Waals surface area contributed by atoms with Crippen LogP contribution in [0.5, 0.6) is 5.75 Å². The Balaban J connectivity index is 2.26. The SMILES string of the molecule is COc1ccccc1C[C@H](NC(=O)c1ccccc1C(F)(F)F)C(N)=O. The Bertz CT molecular complexity index is 806. The molecule has 138 valence electrons. The zero-order valence-electron chi connectivity index (χ0n) is 13.8. The molecule has 1 atom stereocenters. The number of ether oxygens (including phenoxy) is 1. The van der Waals surface area contributed by atoms with Crippen molar-refractivity contribution in [1.82, 2.24) is 5.32 Å². The van der Waals surface area contributed by atoms with Crippen molar-refractivity contribution in [2.75, 3.05) is 7.11 Å². The number of hydrogen-bond acceptors (Lipinski definition) is 3. The number of halogens is 3. The zero-order chi connectivity index (χ0) is 19.3. The van der Waals surface area contributed by atoms with Crippen LogP contribution in [0.15, 0.2) is 48.5 Å². The van der Waals surface area contributed by atoms with Crippen molar-refractivity contribution in [3.63, 3.8) is 0 Å². The summed E-state index contributed by atoms with van der Waals surface area (Å²) < 4.78 is 44.4. The Kier molecular flexibility index (Phi) is 5.86. The van der Waals surface area contributed by atoms with Gasteiger partial charge in [-0.3, -0.25) is 9.59 Å². The number of methoxy groups -OCH3 is 1. The quantitative estimate of drug-likeness (QED) is 0.824. The first-order chi connectivity index (χ1) is 12.2. The fraction of sp³-hybridized carbons (Fsp3) is 0.222. The van der Waals surface area contributed by atoms with E-state index < -0.39 is 35.2 Å². The zero-order valence-corrected chi connectivity index (χ0v) is 13.8. The highest BCUT2D eigenvalue weighted by atomic mass is 19.4. The summed E-state index contributed by atoms with van der Waals surface area (Å²) in [6.45, 7) is 0. The van der Waals surface area contributed by atoms with Crippen molar-refractivity contribution < 1.29 is 27.5 Å². The second-order valence-corrected chi connectivity index (χ2v) is 5.49. The maximum atomic E-state index is 13.1. The van der Waals surface area contributed by atoms with Crippen molar-refractivity contribution in [3.8, 4) is 5.75 Å². The highest BCUT2D eigenvalue weighted by Crippen LogP contribution is 2.31. The second-order valence-electron chi connectivity index (χ2n) is 5.49. The standard InChI is InChI=1S/C18H17F3N2O3/c1-26-15-9-5-2-6-11(15)10-14(16(22)24)23-17(25)12-7-3-4-8-13(12)18(19,20)21/h2-9,14H,10H2,1H3,(H2,22,24)(H,23,25)/t14-/m0/s1. The molecule has 0 radical (unpaired) electrons. The third kappa shape index (κ3) is 4.53. The number of nitrogens with two attached hydrogens (primary N) is 1. The number of rotatable bonds is 6. The van der Waals surface area contributed by atoms with E-state index in [-0.39, 0.29) is 6.42 Å². The summed E-state index contributed by atoms with van der Waals surface area (Å²) in [5.41, 5.74) is 4.23. The van der Waals surface area contributed by atoms with Gasteiger partial charge in [0.1, 0.15) is 11.8 Å². The van der Waals surface area contributed by atoms with Crippen molar-refractivity contribution in [3.05, 3.63) is 65.2 Å². The first-order valence-corrected chi connectivity index (χ1v) is 7.62. The molecule has 0 unspecified atom stereocenters. The molecule has 0 saturated carbocycles. The number of carbonyl (C=O) groups excluding carboxylic acids is 2. The van der Waals surface area contributed by atoms with Crippen LogP contribution in [-0.2, 0) is 17.4 Å². The van der Waals surface area contributed by atoms with Crippen LogP contribution >= 0.6 is 0 Å². The van der Waals surface area contributed by atoms with Crippen LogP contribution in [0.2, 0.25) is 0 Å². The van der Waals surface area contributed by atoms with E-state index in [9.17, 15) is 22.8 Å². The largest absolute Gasteiger partial charge is 0.496 e. The molecule has 5 nitrogen and oxygen atoms in total. The Morgan fingerprint density at radius 2 is 1.73 bits per heavy atom. The maximum Gasteiger partial charge on any atom is 0.417 e. The number of alkyl halides is 3. The van der Waals surface area contributed by atoms with E-state index in [2.05, 4.69) is 5.32 Å². The molecule has 26 heavy (non-hydrogen) atoms. The summed E-state index contributed by atoms with van der Waals surface area (Å²) in [4.78, 5) is 24.0. The third-order valence-electron chi connectivity index (χ3n) is 3.74. The summed E-state index contributed by atoms with van der Waals surface area (Å²) >= 11 is 0. The number of nitrogens with one attached hydrogen (secondary N) is 1. The van der Waals surface area contributed by atoms with E-state index >= 15 is 0 Å². The molecule has 0 aliphatic rings. The molecule has 0 saturated heterocycles. The van der Waals surface area contributed by atoms with Gasteiger partial charge in [-0.2, -0.15) is 13.2 Å². The van der Waals surface area contributed by atoms with E-state index in [1.165, 1.54) is 19.2 Å². The summed E-state index contributed by atoms with van der Waals surface area (Å²) in [7, 11) is 1.44. The molecular formula is C18H17F3N2O3. The molecule has 0 aromatic heterocycles. The van der Waals surface area contributed by atoms with E-state index in [4.69, 9.17) is 10.5 Å². The Morgan fingerprint density at radius 1 is 1.12 bits per heavy atom. The molecule has 2 aromatic carbocycles. The Labute approximate surface area is 148 Å². The minimum Gasteiger partial charge on any atom is -0.496 e. The van der Waals surface area contributed by atoms with Crippen LogP contribution in [0.1, 0.15) is 21.5 Å². The van der Waals surface area contributed by atoms with Crippen molar-refractivity contribution >= 4 is 11.8 Å². The van der Waals surface area contributed by atoms with Gasteiger partial charge in [0.25, 0.3) is 5.91 Å². The van der Waals surface area contributed by atoms with Gasteiger partial charge in [-0.1, -0.05) is 30.3 Å². The summed E-state index contributed by atoms with van der Waals surface area (Å²) in [6.07, 6.45) is -4.71. The van der Waals surface area contributed by atoms with E-state index in [0.717, 1.165) is 12.1 Å². The predicted octanol–water partition coefficient (Wildman–Crippen LogP) is 2.54. The molecule has 0 fully saturated rings. The van der Waals surface area contributed by atoms with Crippen molar-refractivity contribution in [1.29, 1.82) is 0 Å². The fourth-order valence-electron chi connectivity index (χ4n) is 2.48. The topological polar surface area (TPSA) is 81.4 Å². The number of carbonyl (C=O) groups is 2. The fourth-order valence-corrected chi connectivity index (χ4v) is 2.48. The van der Waals surface area contributed by atoms with Crippen LogP contribution in [0.3, 0.4) is 0 Å². The highest BCUT2D eigenvalue weighted by Gasteiger charge is 2.35. The molecule has 2 rings (SSSR count). The van der Waals surface area contributed by atoms with Crippen LogP contribution in [-0.4, -0.2) is 25.0 Å². The monoisotopic (exact) mass is 366 g/mol. The van der Waals surface area contributed by atoms with Crippen molar-refractivity contribution in [2.45, 2.75) is 18.6 Å². The molecule has 2 aromatic rings. The van der Waals surface area contributed by atoms with Gasteiger partial charge in [-0.05, 0) is 23.8 Å². The molecule has 3 N–H and O–H groups in total. The number of amides is 2. The molecule has 0 bridgehead atoms.